The number of ketones is 1. The number of rotatable bonds is 4. The molecule has 1 saturated carbocycles. The van der Waals surface area contributed by atoms with Crippen molar-refractivity contribution in [1.82, 2.24) is 0 Å². The lowest BCUT2D eigenvalue weighted by atomic mass is 9.86. The van der Waals surface area contributed by atoms with Gasteiger partial charge in [0.1, 0.15) is 0 Å². The molecular weight excluding hydrogens is 276 g/mol. The zero-order chi connectivity index (χ0) is 14.5. The molecular formula is C16H19ClO3. The molecule has 1 fully saturated rings. The Bertz CT molecular complexity index is 517. The summed E-state index contributed by atoms with van der Waals surface area (Å²) in [5.41, 5.74) is 0.744. The Hall–Kier alpha value is -1.48. The van der Waals surface area contributed by atoms with Crippen molar-refractivity contribution in [1.29, 1.82) is 0 Å². The predicted molar refractivity (Wildman–Crippen MR) is 80.3 cm³/mol. The van der Waals surface area contributed by atoms with Crippen LogP contribution < -0.4 is 4.74 Å². The molecule has 1 N–H and O–H groups in total. The van der Waals surface area contributed by atoms with Gasteiger partial charge in [-0.05, 0) is 36.6 Å². The van der Waals surface area contributed by atoms with E-state index in [2.05, 4.69) is 0 Å². The lowest BCUT2D eigenvalue weighted by Gasteiger charge is -2.18. The number of carbonyl (C=O) groups excluding carboxylic acids is 1. The molecule has 2 rings (SSSR count). The first-order valence-corrected chi connectivity index (χ1v) is 7.28. The molecule has 0 aliphatic heterocycles. The highest BCUT2D eigenvalue weighted by Crippen LogP contribution is 2.35. The molecule has 0 atom stereocenters. The van der Waals surface area contributed by atoms with Gasteiger partial charge in [0.2, 0.25) is 0 Å². The van der Waals surface area contributed by atoms with E-state index in [0.717, 1.165) is 31.2 Å². The number of phenols is 1. The first kappa shape index (κ1) is 14.9. The van der Waals surface area contributed by atoms with Crippen LogP contribution in [0.1, 0.15) is 37.7 Å². The molecule has 0 saturated heterocycles. The molecule has 0 unspecified atom stereocenters. The highest BCUT2D eigenvalue weighted by molar-refractivity contribution is 6.32. The number of methoxy groups -OCH3 is 1. The first-order valence-electron chi connectivity index (χ1n) is 6.90. The lowest BCUT2D eigenvalue weighted by molar-refractivity contribution is -0.119. The van der Waals surface area contributed by atoms with Crippen LogP contribution in [0.3, 0.4) is 0 Å². The highest BCUT2D eigenvalue weighted by atomic mass is 35.5. The summed E-state index contributed by atoms with van der Waals surface area (Å²) >= 11 is 5.91. The van der Waals surface area contributed by atoms with Crippen molar-refractivity contribution < 1.29 is 14.6 Å². The summed E-state index contributed by atoms with van der Waals surface area (Å²) in [6.45, 7) is 0. The molecule has 1 aliphatic carbocycles. The van der Waals surface area contributed by atoms with E-state index in [1.165, 1.54) is 13.5 Å². The van der Waals surface area contributed by atoms with Gasteiger partial charge in [-0.1, -0.05) is 36.9 Å². The SMILES string of the molecule is COc1cc(/C=C/C(=O)C2CCCCC2)cc(Cl)c1O. The third kappa shape index (κ3) is 3.54. The Morgan fingerprint density at radius 1 is 1.35 bits per heavy atom. The molecule has 0 aromatic heterocycles. The number of allylic oxidation sites excluding steroid dienone is 1. The Balaban J connectivity index is 2.10. The van der Waals surface area contributed by atoms with Crippen molar-refractivity contribution in [3.05, 3.63) is 28.8 Å². The summed E-state index contributed by atoms with van der Waals surface area (Å²) in [5.74, 6) is 0.564. The summed E-state index contributed by atoms with van der Waals surface area (Å²) in [6, 6.07) is 3.27. The number of aromatic hydroxyl groups is 1. The molecule has 3 nitrogen and oxygen atoms in total. The van der Waals surface area contributed by atoms with Crippen LogP contribution in [-0.2, 0) is 4.79 Å². The maximum atomic E-state index is 12.1. The minimum Gasteiger partial charge on any atom is -0.503 e. The predicted octanol–water partition coefficient (Wildman–Crippen LogP) is 4.22. The van der Waals surface area contributed by atoms with Gasteiger partial charge in [-0.3, -0.25) is 4.79 Å². The minimum absolute atomic E-state index is 0.0788. The van der Waals surface area contributed by atoms with Gasteiger partial charge in [-0.2, -0.15) is 0 Å². The van der Waals surface area contributed by atoms with E-state index < -0.39 is 0 Å². The lowest BCUT2D eigenvalue weighted by Crippen LogP contribution is -2.15. The van der Waals surface area contributed by atoms with E-state index in [-0.39, 0.29) is 22.5 Å². The van der Waals surface area contributed by atoms with Crippen LogP contribution in [0.2, 0.25) is 5.02 Å². The maximum absolute atomic E-state index is 12.1. The van der Waals surface area contributed by atoms with Crippen molar-refractivity contribution in [2.24, 2.45) is 5.92 Å². The smallest absolute Gasteiger partial charge is 0.176 e. The molecule has 0 spiro atoms. The fraction of sp³-hybridized carbons (Fsp3) is 0.438. The van der Waals surface area contributed by atoms with Gasteiger partial charge in [0.05, 0.1) is 12.1 Å². The van der Waals surface area contributed by atoms with Crippen LogP contribution in [-0.4, -0.2) is 18.0 Å². The van der Waals surface area contributed by atoms with Gasteiger partial charge in [0.15, 0.2) is 17.3 Å². The van der Waals surface area contributed by atoms with Gasteiger partial charge in [0, 0.05) is 5.92 Å². The molecule has 1 aromatic rings. The molecule has 0 radical (unpaired) electrons. The van der Waals surface area contributed by atoms with Gasteiger partial charge in [-0.25, -0.2) is 0 Å². The second-order valence-electron chi connectivity index (χ2n) is 5.12. The standard InChI is InChI=1S/C16H19ClO3/c1-20-15-10-11(9-13(17)16(15)19)7-8-14(18)12-5-3-2-4-6-12/h7-10,12,19H,2-6H2,1H3/b8-7+. The van der Waals surface area contributed by atoms with E-state index in [0.29, 0.717) is 5.75 Å². The number of hydrogen-bond acceptors (Lipinski definition) is 3. The number of benzene rings is 1. The third-order valence-electron chi connectivity index (χ3n) is 3.72. The van der Waals surface area contributed by atoms with Crippen molar-refractivity contribution in [2.75, 3.05) is 7.11 Å². The Kier molecular flexibility index (Phi) is 5.07. The van der Waals surface area contributed by atoms with Crippen LogP contribution >= 0.6 is 11.6 Å². The van der Waals surface area contributed by atoms with E-state index in [1.807, 2.05) is 0 Å². The average molecular weight is 295 g/mol. The molecule has 4 heteroatoms. The summed E-state index contributed by atoms with van der Waals surface area (Å²) in [4.78, 5) is 12.1. The fourth-order valence-corrected chi connectivity index (χ4v) is 2.77. The van der Waals surface area contributed by atoms with Crippen LogP contribution in [0, 0.1) is 5.92 Å². The van der Waals surface area contributed by atoms with Crippen LogP contribution in [0.4, 0.5) is 0 Å². The second kappa shape index (κ2) is 6.80. The molecule has 0 heterocycles. The van der Waals surface area contributed by atoms with E-state index in [9.17, 15) is 9.90 Å². The average Bonchev–Trinajstić information content (AvgIpc) is 2.48. The topological polar surface area (TPSA) is 46.5 Å². The molecule has 0 amide bonds. The molecule has 1 aromatic carbocycles. The fourth-order valence-electron chi connectivity index (χ4n) is 2.55. The second-order valence-corrected chi connectivity index (χ2v) is 5.53. The highest BCUT2D eigenvalue weighted by Gasteiger charge is 2.18. The zero-order valence-electron chi connectivity index (χ0n) is 11.6. The largest absolute Gasteiger partial charge is 0.503 e. The van der Waals surface area contributed by atoms with Gasteiger partial charge < -0.3 is 9.84 Å². The number of phenolic OH excluding ortho intramolecular Hbond substituents is 1. The summed E-state index contributed by atoms with van der Waals surface area (Å²) in [5, 5.41) is 9.87. The number of hydrogen-bond donors (Lipinski definition) is 1. The molecule has 20 heavy (non-hydrogen) atoms. The molecule has 108 valence electrons. The zero-order valence-corrected chi connectivity index (χ0v) is 12.3. The monoisotopic (exact) mass is 294 g/mol. The summed E-state index contributed by atoms with van der Waals surface area (Å²) < 4.78 is 5.04. The van der Waals surface area contributed by atoms with Crippen LogP contribution in [0.25, 0.3) is 6.08 Å². The van der Waals surface area contributed by atoms with Gasteiger partial charge >= 0.3 is 0 Å². The van der Waals surface area contributed by atoms with Crippen LogP contribution in [0.5, 0.6) is 11.5 Å². The summed E-state index contributed by atoms with van der Waals surface area (Å²) in [7, 11) is 1.46. The Labute approximate surface area is 124 Å². The van der Waals surface area contributed by atoms with E-state index >= 15 is 0 Å². The van der Waals surface area contributed by atoms with Crippen LogP contribution in [0.15, 0.2) is 18.2 Å². The first-order chi connectivity index (χ1) is 9.61. The Morgan fingerprint density at radius 2 is 2.05 bits per heavy atom. The normalized spacial score (nSPS) is 16.5. The van der Waals surface area contributed by atoms with Gasteiger partial charge in [-0.15, -0.1) is 0 Å². The van der Waals surface area contributed by atoms with Crippen molar-refractivity contribution in [3.8, 4) is 11.5 Å². The quantitative estimate of drug-likeness (QED) is 0.846. The van der Waals surface area contributed by atoms with Crippen molar-refractivity contribution >= 4 is 23.5 Å². The number of ether oxygens (including phenoxy) is 1. The molecule has 1 aliphatic rings. The Morgan fingerprint density at radius 3 is 2.70 bits per heavy atom. The van der Waals surface area contributed by atoms with Crippen molar-refractivity contribution in [3.63, 3.8) is 0 Å². The molecule has 0 bridgehead atoms. The van der Waals surface area contributed by atoms with Gasteiger partial charge in [0.25, 0.3) is 0 Å². The summed E-state index contributed by atoms with van der Waals surface area (Å²) in [6.07, 6.45) is 8.83. The van der Waals surface area contributed by atoms with E-state index in [1.54, 1.807) is 24.3 Å². The van der Waals surface area contributed by atoms with Crippen molar-refractivity contribution in [2.45, 2.75) is 32.1 Å². The van der Waals surface area contributed by atoms with E-state index in [4.69, 9.17) is 16.3 Å². The minimum atomic E-state index is -0.0788. The third-order valence-corrected chi connectivity index (χ3v) is 4.01. The number of halogens is 1. The maximum Gasteiger partial charge on any atom is 0.176 e. The number of carbonyl (C=O) groups is 1.